The number of sulfonamides is 1. The first kappa shape index (κ1) is 24.8. The summed E-state index contributed by atoms with van der Waals surface area (Å²) >= 11 is 6.81. The smallest absolute Gasteiger partial charge is 0.419 e. The third-order valence-corrected chi connectivity index (χ3v) is 8.41. The molecule has 1 saturated heterocycles. The van der Waals surface area contributed by atoms with Crippen LogP contribution in [0.5, 0.6) is 5.75 Å². The van der Waals surface area contributed by atoms with Crippen LogP contribution in [0, 0.1) is 5.82 Å². The lowest BCUT2D eigenvalue weighted by Gasteiger charge is -2.19. The monoisotopic (exact) mass is 534 g/mol. The molecule has 1 aromatic heterocycles. The van der Waals surface area contributed by atoms with Crippen LogP contribution in [0.1, 0.15) is 12.0 Å². The van der Waals surface area contributed by atoms with Gasteiger partial charge in [-0.3, -0.25) is 4.72 Å². The number of likely N-dealkylation sites (N-methyl/N-ethyl adjacent to an activating group) is 1. The van der Waals surface area contributed by atoms with Gasteiger partial charge in [-0.05, 0) is 49.4 Å². The topological polar surface area (TPSA) is 58.6 Å². The minimum Gasteiger partial charge on any atom is -0.488 e. The number of thiophene rings is 1. The van der Waals surface area contributed by atoms with Crippen molar-refractivity contribution >= 4 is 38.6 Å². The Bertz CT molecular complexity index is 1310. The molecule has 0 unspecified atom stereocenters. The van der Waals surface area contributed by atoms with Crippen LogP contribution in [0.3, 0.4) is 0 Å². The quantitative estimate of drug-likeness (QED) is 0.388. The van der Waals surface area contributed by atoms with E-state index in [-0.39, 0.29) is 19.8 Å². The molecule has 182 valence electrons. The van der Waals surface area contributed by atoms with Crippen LogP contribution in [-0.4, -0.2) is 39.6 Å². The van der Waals surface area contributed by atoms with Crippen molar-refractivity contribution in [1.29, 1.82) is 0 Å². The van der Waals surface area contributed by atoms with E-state index in [2.05, 4.69) is 4.72 Å². The lowest BCUT2D eigenvalue weighted by molar-refractivity contribution is -0.139. The standard InChI is InChI=1S/C22H19ClF4N2O3S2/c1-29-8-7-16(12-29)32-19-10-15(5-6-18(19)22(25,26)27)28-34(30,31)21-17(11-20(23)33-21)13-3-2-4-14(24)9-13/h2-6,9-11,16,28H,7-8,12H2,1H3/t16-/m1/s1. The van der Waals surface area contributed by atoms with Gasteiger partial charge in [-0.2, -0.15) is 13.2 Å². The first-order valence-corrected chi connectivity index (χ1v) is 12.7. The Labute approximate surface area is 203 Å². The number of benzene rings is 2. The molecule has 0 radical (unpaired) electrons. The summed E-state index contributed by atoms with van der Waals surface area (Å²) in [6.45, 7) is 1.14. The van der Waals surface area contributed by atoms with Crippen LogP contribution >= 0.6 is 22.9 Å². The molecule has 2 aromatic carbocycles. The zero-order chi connectivity index (χ0) is 24.7. The normalized spacial score (nSPS) is 17.2. The lowest BCUT2D eigenvalue weighted by atomic mass is 10.1. The first-order chi connectivity index (χ1) is 15.9. The Hall–Kier alpha value is -2.34. The molecule has 4 rings (SSSR count). The number of hydrogen-bond donors (Lipinski definition) is 1. The average molecular weight is 535 g/mol. The van der Waals surface area contributed by atoms with Gasteiger partial charge in [0.2, 0.25) is 0 Å². The molecule has 0 aliphatic carbocycles. The van der Waals surface area contributed by atoms with E-state index >= 15 is 0 Å². The summed E-state index contributed by atoms with van der Waals surface area (Å²) in [5.41, 5.74) is -0.626. The largest absolute Gasteiger partial charge is 0.488 e. The fourth-order valence-corrected chi connectivity index (χ4v) is 6.64. The molecule has 12 heteroatoms. The van der Waals surface area contributed by atoms with Crippen molar-refractivity contribution in [2.45, 2.75) is 22.9 Å². The van der Waals surface area contributed by atoms with E-state index < -0.39 is 39.4 Å². The van der Waals surface area contributed by atoms with E-state index in [0.29, 0.717) is 25.1 Å². The van der Waals surface area contributed by atoms with E-state index in [1.807, 2.05) is 11.9 Å². The molecule has 3 aromatic rings. The number of nitrogens with one attached hydrogen (secondary N) is 1. The summed E-state index contributed by atoms with van der Waals surface area (Å²) in [7, 11) is -2.43. The van der Waals surface area contributed by atoms with Gasteiger partial charge in [0.05, 0.1) is 15.6 Å². The summed E-state index contributed by atoms with van der Waals surface area (Å²) in [4.78, 5) is 1.93. The highest BCUT2D eigenvalue weighted by atomic mass is 35.5. The maximum Gasteiger partial charge on any atom is 0.419 e. The molecular formula is C22H19ClF4N2O3S2. The summed E-state index contributed by atoms with van der Waals surface area (Å²) < 4.78 is 88.5. The minimum absolute atomic E-state index is 0.107. The Kier molecular flexibility index (Phi) is 6.83. The zero-order valence-corrected chi connectivity index (χ0v) is 20.1. The molecule has 2 heterocycles. The van der Waals surface area contributed by atoms with Crippen molar-refractivity contribution in [3.05, 3.63) is 64.2 Å². The SMILES string of the molecule is CN1CC[C@@H](Oc2cc(NS(=O)(=O)c3sc(Cl)cc3-c3cccc(F)c3)ccc2C(F)(F)F)C1. The molecule has 5 nitrogen and oxygen atoms in total. The number of rotatable bonds is 6. The third kappa shape index (κ3) is 5.48. The maximum absolute atomic E-state index is 13.7. The lowest BCUT2D eigenvalue weighted by Crippen LogP contribution is -2.23. The van der Waals surface area contributed by atoms with Crippen molar-refractivity contribution in [1.82, 2.24) is 4.90 Å². The molecule has 0 amide bonds. The average Bonchev–Trinajstić information content (AvgIpc) is 3.33. The highest BCUT2D eigenvalue weighted by Crippen LogP contribution is 2.41. The van der Waals surface area contributed by atoms with Crippen LogP contribution in [0.2, 0.25) is 4.34 Å². The summed E-state index contributed by atoms with van der Waals surface area (Å²) in [6, 6.07) is 9.56. The van der Waals surface area contributed by atoms with Gasteiger partial charge in [0, 0.05) is 24.7 Å². The second kappa shape index (κ2) is 9.37. The number of halogens is 5. The summed E-state index contributed by atoms with van der Waals surface area (Å²) in [5.74, 6) is -1.01. The predicted octanol–water partition coefficient (Wildman–Crippen LogP) is 6.11. The van der Waals surface area contributed by atoms with E-state index in [4.69, 9.17) is 16.3 Å². The highest BCUT2D eigenvalue weighted by molar-refractivity contribution is 7.94. The zero-order valence-electron chi connectivity index (χ0n) is 17.7. The Morgan fingerprint density at radius 1 is 1.18 bits per heavy atom. The first-order valence-electron chi connectivity index (χ1n) is 10.1. The van der Waals surface area contributed by atoms with Gasteiger partial charge in [-0.25, -0.2) is 12.8 Å². The molecule has 1 atom stereocenters. The summed E-state index contributed by atoms with van der Waals surface area (Å²) in [6.07, 6.45) is -4.58. The maximum atomic E-state index is 13.7. The van der Waals surface area contributed by atoms with Crippen molar-refractivity contribution in [2.75, 3.05) is 24.9 Å². The van der Waals surface area contributed by atoms with Gasteiger partial charge >= 0.3 is 6.18 Å². The minimum atomic E-state index is -4.68. The fourth-order valence-electron chi connectivity index (χ4n) is 3.69. The van der Waals surface area contributed by atoms with E-state index in [1.54, 1.807) is 0 Å². The predicted molar refractivity (Wildman–Crippen MR) is 124 cm³/mol. The van der Waals surface area contributed by atoms with Crippen LogP contribution in [0.15, 0.2) is 52.7 Å². The van der Waals surface area contributed by atoms with Crippen molar-refractivity contribution in [3.8, 4) is 16.9 Å². The van der Waals surface area contributed by atoms with E-state index in [0.717, 1.165) is 29.5 Å². The Morgan fingerprint density at radius 3 is 2.59 bits per heavy atom. The van der Waals surface area contributed by atoms with E-state index in [1.165, 1.54) is 30.3 Å². The Balaban J connectivity index is 1.68. The van der Waals surface area contributed by atoms with E-state index in [9.17, 15) is 26.0 Å². The molecule has 0 saturated carbocycles. The number of alkyl halides is 3. The van der Waals surface area contributed by atoms with Crippen molar-refractivity contribution < 1.29 is 30.7 Å². The highest BCUT2D eigenvalue weighted by Gasteiger charge is 2.36. The van der Waals surface area contributed by atoms with Crippen molar-refractivity contribution in [2.24, 2.45) is 0 Å². The second-order valence-electron chi connectivity index (χ2n) is 7.87. The summed E-state index contributed by atoms with van der Waals surface area (Å²) in [5, 5.41) is 0. The fraction of sp³-hybridized carbons (Fsp3) is 0.273. The number of likely N-dealkylation sites (tertiary alicyclic amines) is 1. The molecule has 1 aliphatic heterocycles. The molecule has 34 heavy (non-hydrogen) atoms. The molecule has 1 fully saturated rings. The number of ether oxygens (including phenoxy) is 1. The van der Waals surface area contributed by atoms with Gasteiger partial charge < -0.3 is 9.64 Å². The molecule has 1 aliphatic rings. The van der Waals surface area contributed by atoms with Crippen LogP contribution in [0.25, 0.3) is 11.1 Å². The molecular weight excluding hydrogens is 516 g/mol. The van der Waals surface area contributed by atoms with Crippen LogP contribution in [0.4, 0.5) is 23.2 Å². The van der Waals surface area contributed by atoms with Gasteiger partial charge in [0.25, 0.3) is 10.0 Å². The third-order valence-electron chi connectivity index (χ3n) is 5.23. The van der Waals surface area contributed by atoms with Crippen LogP contribution < -0.4 is 9.46 Å². The second-order valence-corrected chi connectivity index (χ2v) is 11.4. The molecule has 0 bridgehead atoms. The number of hydrogen-bond acceptors (Lipinski definition) is 5. The molecule has 1 N–H and O–H groups in total. The van der Waals surface area contributed by atoms with Crippen LogP contribution in [-0.2, 0) is 16.2 Å². The van der Waals surface area contributed by atoms with Gasteiger partial charge in [-0.15, -0.1) is 11.3 Å². The number of anilines is 1. The van der Waals surface area contributed by atoms with Gasteiger partial charge in [-0.1, -0.05) is 23.7 Å². The molecule has 0 spiro atoms. The van der Waals surface area contributed by atoms with Gasteiger partial charge in [0.15, 0.2) is 0 Å². The number of nitrogens with zero attached hydrogens (tertiary/aromatic N) is 1. The Morgan fingerprint density at radius 2 is 1.94 bits per heavy atom. The van der Waals surface area contributed by atoms with Crippen molar-refractivity contribution in [3.63, 3.8) is 0 Å². The van der Waals surface area contributed by atoms with Gasteiger partial charge in [0.1, 0.15) is 21.9 Å².